The van der Waals surface area contributed by atoms with Crippen LogP contribution in [0.2, 0.25) is 5.02 Å². The van der Waals surface area contributed by atoms with Crippen molar-refractivity contribution in [1.29, 1.82) is 0 Å². The van der Waals surface area contributed by atoms with Crippen LogP contribution in [-0.2, 0) is 40.8 Å². The van der Waals surface area contributed by atoms with Gasteiger partial charge in [-0.05, 0) is 12.8 Å². The zero-order valence-electron chi connectivity index (χ0n) is 19.0. The van der Waals surface area contributed by atoms with Crippen molar-refractivity contribution >= 4 is 33.2 Å². The molecule has 190 valence electrons. The molecule has 4 aliphatic rings. The minimum atomic E-state index is -4.70. The van der Waals surface area contributed by atoms with Gasteiger partial charge in [0.1, 0.15) is 4.90 Å². The number of aromatic nitrogens is 4. The van der Waals surface area contributed by atoms with E-state index >= 15 is 0 Å². The van der Waals surface area contributed by atoms with E-state index in [-0.39, 0.29) is 46.0 Å². The van der Waals surface area contributed by atoms with Gasteiger partial charge in [0.05, 0.1) is 41.9 Å². The van der Waals surface area contributed by atoms with E-state index in [1.807, 2.05) is 0 Å². The van der Waals surface area contributed by atoms with Crippen LogP contribution >= 0.6 is 11.6 Å². The number of aryl methyl sites for hydroxylation is 2. The molecule has 0 spiro atoms. The quantitative estimate of drug-likeness (QED) is 0.641. The van der Waals surface area contributed by atoms with Gasteiger partial charge < -0.3 is 15.0 Å². The van der Waals surface area contributed by atoms with Gasteiger partial charge in [-0.15, -0.1) is 0 Å². The van der Waals surface area contributed by atoms with Crippen molar-refractivity contribution in [3.63, 3.8) is 0 Å². The van der Waals surface area contributed by atoms with Crippen molar-refractivity contribution in [2.45, 2.75) is 43.3 Å². The average molecular weight is 533 g/mol. The van der Waals surface area contributed by atoms with Crippen LogP contribution in [0.15, 0.2) is 4.90 Å². The Morgan fingerprint density at radius 1 is 1.17 bits per heavy atom. The molecule has 5 heterocycles. The molecule has 35 heavy (non-hydrogen) atoms. The summed E-state index contributed by atoms with van der Waals surface area (Å²) in [5, 5.41) is 5.89. The van der Waals surface area contributed by atoms with Crippen molar-refractivity contribution in [2.24, 2.45) is 17.9 Å². The smallest absolute Gasteiger partial charge is 0.380 e. The number of alkyl halides is 3. The summed E-state index contributed by atoms with van der Waals surface area (Å²) in [6.07, 6.45) is -1.12. The topological polar surface area (TPSA) is 102 Å². The zero-order chi connectivity index (χ0) is 24.8. The number of rotatable bonds is 4. The first kappa shape index (κ1) is 23.3. The van der Waals surface area contributed by atoms with Gasteiger partial charge in [0.25, 0.3) is 0 Å². The van der Waals surface area contributed by atoms with Crippen molar-refractivity contribution < 1.29 is 26.3 Å². The van der Waals surface area contributed by atoms with Gasteiger partial charge in [-0.2, -0.15) is 23.3 Å². The molecule has 9 nitrogen and oxygen atoms in total. The minimum Gasteiger partial charge on any atom is -0.380 e. The summed E-state index contributed by atoms with van der Waals surface area (Å²) in [4.78, 5) is 11.3. The maximum atomic E-state index is 13.2. The third-order valence-corrected chi connectivity index (χ3v) is 10.3. The van der Waals surface area contributed by atoms with Gasteiger partial charge in [0.2, 0.25) is 5.95 Å². The van der Waals surface area contributed by atoms with Gasteiger partial charge in [-0.25, -0.2) is 13.4 Å². The van der Waals surface area contributed by atoms with Crippen LogP contribution in [0.4, 0.5) is 24.9 Å². The second-order valence-corrected chi connectivity index (χ2v) is 12.5. The van der Waals surface area contributed by atoms with E-state index in [1.54, 1.807) is 0 Å². The standard InChI is InChI=1S/C21H24ClF3N6O3S/c1-30-13(14(22)16(29-30)21(23,24)25)7-26-17-15-12(3-6-35(15,32)33)27-18(28-17)31-8-19-4-2-5-20(19,9-31)11-34-10-19/h2-11H2,1H3,(H,26,27,28). The lowest BCUT2D eigenvalue weighted by atomic mass is 9.71. The zero-order valence-corrected chi connectivity index (χ0v) is 20.5. The van der Waals surface area contributed by atoms with Crippen molar-refractivity contribution in [2.75, 3.05) is 42.3 Å². The molecule has 2 unspecified atom stereocenters. The fourth-order valence-corrected chi connectivity index (χ4v) is 8.27. The lowest BCUT2D eigenvalue weighted by Gasteiger charge is -2.28. The van der Waals surface area contributed by atoms with E-state index in [4.69, 9.17) is 16.3 Å². The van der Waals surface area contributed by atoms with Crippen LogP contribution < -0.4 is 10.2 Å². The number of nitrogens with one attached hydrogen (secondary N) is 1. The minimum absolute atomic E-state index is 0.00910. The molecule has 2 aromatic rings. The summed E-state index contributed by atoms with van der Waals surface area (Å²) < 4.78 is 72.0. The monoisotopic (exact) mass is 532 g/mol. The highest BCUT2D eigenvalue weighted by Gasteiger charge is 2.64. The first-order valence-corrected chi connectivity index (χ1v) is 13.5. The number of ether oxygens (including phenoxy) is 1. The Bertz CT molecular complexity index is 1300. The van der Waals surface area contributed by atoms with Crippen LogP contribution in [0.3, 0.4) is 0 Å². The molecule has 0 amide bonds. The summed E-state index contributed by atoms with van der Waals surface area (Å²) in [6.45, 7) is 2.70. The molecule has 2 aromatic heterocycles. The molecule has 2 atom stereocenters. The van der Waals surface area contributed by atoms with Crippen LogP contribution in [0, 0.1) is 10.8 Å². The van der Waals surface area contributed by atoms with Crippen LogP contribution in [-0.4, -0.2) is 60.2 Å². The SMILES string of the molecule is Cn1nc(C(F)(F)F)c(Cl)c1CNc1nc(N2CC34CCCC3(COC4)C2)nc2c1S(=O)(=O)CC2. The van der Waals surface area contributed by atoms with Gasteiger partial charge in [0.15, 0.2) is 21.3 Å². The molecule has 1 saturated carbocycles. The van der Waals surface area contributed by atoms with Crippen molar-refractivity contribution in [1.82, 2.24) is 19.7 Å². The molecule has 6 rings (SSSR count). The average Bonchev–Trinajstić information content (AvgIpc) is 3.49. The first-order valence-electron chi connectivity index (χ1n) is 11.4. The van der Waals surface area contributed by atoms with Crippen LogP contribution in [0.25, 0.3) is 0 Å². The van der Waals surface area contributed by atoms with Gasteiger partial charge >= 0.3 is 6.18 Å². The first-order chi connectivity index (χ1) is 16.4. The molecule has 14 heteroatoms. The maximum Gasteiger partial charge on any atom is 0.436 e. The molecular formula is C21H24ClF3N6O3S. The van der Waals surface area contributed by atoms with E-state index in [2.05, 4.69) is 25.3 Å². The van der Waals surface area contributed by atoms with Crippen molar-refractivity contribution in [3.05, 3.63) is 22.1 Å². The molecule has 1 N–H and O–H groups in total. The van der Waals surface area contributed by atoms with Crippen molar-refractivity contribution in [3.8, 4) is 0 Å². The number of hydrogen-bond donors (Lipinski definition) is 1. The molecule has 3 fully saturated rings. The van der Waals surface area contributed by atoms with Crippen LogP contribution in [0.5, 0.6) is 0 Å². The number of nitrogens with zero attached hydrogens (tertiary/aromatic N) is 5. The predicted molar refractivity (Wildman–Crippen MR) is 120 cm³/mol. The highest BCUT2D eigenvalue weighted by molar-refractivity contribution is 7.91. The molecule has 2 saturated heterocycles. The Balaban J connectivity index is 1.35. The Hall–Kier alpha value is -2.12. The Morgan fingerprint density at radius 2 is 1.86 bits per heavy atom. The predicted octanol–water partition coefficient (Wildman–Crippen LogP) is 2.83. The molecule has 1 aliphatic carbocycles. The number of halogens is 4. The fourth-order valence-electron chi connectivity index (χ4n) is 6.35. The maximum absolute atomic E-state index is 13.2. The third-order valence-electron chi connectivity index (χ3n) is 8.10. The third kappa shape index (κ3) is 3.37. The molecule has 0 radical (unpaired) electrons. The van der Waals surface area contributed by atoms with Crippen LogP contribution in [0.1, 0.15) is 36.3 Å². The Labute approximate surface area is 204 Å². The lowest BCUT2D eigenvalue weighted by Crippen LogP contribution is -2.34. The summed E-state index contributed by atoms with van der Waals surface area (Å²) in [5.74, 6) is 0.439. The van der Waals surface area contributed by atoms with Gasteiger partial charge in [-0.1, -0.05) is 18.0 Å². The largest absolute Gasteiger partial charge is 0.436 e. The number of anilines is 2. The highest BCUT2D eigenvalue weighted by Crippen LogP contribution is 2.61. The summed E-state index contributed by atoms with van der Waals surface area (Å²) in [7, 11) is -2.26. The lowest BCUT2D eigenvalue weighted by molar-refractivity contribution is -0.141. The van der Waals surface area contributed by atoms with Gasteiger partial charge in [-0.3, -0.25) is 4.68 Å². The molecular weight excluding hydrogens is 509 g/mol. The summed E-state index contributed by atoms with van der Waals surface area (Å²) >= 11 is 5.98. The second-order valence-electron chi connectivity index (χ2n) is 10.1. The molecule has 0 aromatic carbocycles. The number of hydrogen-bond acceptors (Lipinski definition) is 8. The van der Waals surface area contributed by atoms with E-state index < -0.39 is 26.7 Å². The Morgan fingerprint density at radius 3 is 2.49 bits per heavy atom. The van der Waals surface area contributed by atoms with E-state index in [0.717, 1.165) is 30.6 Å². The van der Waals surface area contributed by atoms with E-state index in [9.17, 15) is 21.6 Å². The number of sulfone groups is 1. The number of fused-ring (bicyclic) bond motifs is 1. The molecule has 0 bridgehead atoms. The second kappa shape index (κ2) is 7.45. The normalized spacial score (nSPS) is 28.9. The van der Waals surface area contributed by atoms with E-state index in [1.165, 1.54) is 13.5 Å². The highest BCUT2D eigenvalue weighted by atomic mass is 35.5. The van der Waals surface area contributed by atoms with E-state index in [0.29, 0.717) is 24.9 Å². The fraction of sp³-hybridized carbons (Fsp3) is 0.667. The molecule has 3 aliphatic heterocycles. The van der Waals surface area contributed by atoms with Gasteiger partial charge in [0, 0.05) is 37.4 Å². The summed E-state index contributed by atoms with van der Waals surface area (Å²) in [5.41, 5.74) is -0.562. The Kier molecular flexibility index (Phi) is 4.96. The summed E-state index contributed by atoms with van der Waals surface area (Å²) in [6, 6.07) is 0.